The molecule has 0 radical (unpaired) electrons. The summed E-state index contributed by atoms with van der Waals surface area (Å²) in [4.78, 5) is 17.5. The van der Waals surface area contributed by atoms with Crippen LogP contribution < -0.4 is 0 Å². The topological polar surface area (TPSA) is 33.2 Å². The third-order valence-electron chi connectivity index (χ3n) is 1.86. The summed E-state index contributed by atoms with van der Waals surface area (Å²) in [6, 6.07) is 0. The van der Waals surface area contributed by atoms with Crippen molar-refractivity contribution >= 4 is 17.2 Å². The summed E-state index contributed by atoms with van der Waals surface area (Å²) in [6.07, 6.45) is 2.38. The highest BCUT2D eigenvalue weighted by molar-refractivity contribution is 7.09. The van der Waals surface area contributed by atoms with Gasteiger partial charge in [0.2, 0.25) is 5.91 Å². The lowest BCUT2D eigenvalue weighted by Gasteiger charge is -2.16. The highest BCUT2D eigenvalue weighted by atomic mass is 32.1. The van der Waals surface area contributed by atoms with Crippen LogP contribution in [-0.4, -0.2) is 22.8 Å². The van der Waals surface area contributed by atoms with Gasteiger partial charge in [0.15, 0.2) is 0 Å². The predicted octanol–water partition coefficient (Wildman–Crippen LogP) is 2.15. The average molecular weight is 212 g/mol. The van der Waals surface area contributed by atoms with E-state index in [1.165, 1.54) is 0 Å². The number of thiazole rings is 1. The van der Waals surface area contributed by atoms with E-state index in [4.69, 9.17) is 0 Å². The van der Waals surface area contributed by atoms with Gasteiger partial charge in [-0.15, -0.1) is 11.3 Å². The lowest BCUT2D eigenvalue weighted by molar-refractivity contribution is -0.131. The van der Waals surface area contributed by atoms with Crippen molar-refractivity contribution in [1.29, 1.82) is 0 Å². The number of carbonyl (C=O) groups excluding carboxylic acids is 1. The van der Waals surface area contributed by atoms with Gasteiger partial charge in [-0.3, -0.25) is 4.79 Å². The molecule has 0 aromatic carbocycles. The van der Waals surface area contributed by atoms with Gasteiger partial charge in [-0.1, -0.05) is 13.8 Å². The predicted molar refractivity (Wildman–Crippen MR) is 58.0 cm³/mol. The molecule has 1 aromatic heterocycles. The molecule has 0 saturated carbocycles. The van der Waals surface area contributed by atoms with E-state index in [0.717, 1.165) is 5.01 Å². The van der Waals surface area contributed by atoms with Gasteiger partial charge in [0, 0.05) is 25.0 Å². The van der Waals surface area contributed by atoms with Crippen LogP contribution >= 0.6 is 11.3 Å². The van der Waals surface area contributed by atoms with Crippen molar-refractivity contribution < 1.29 is 4.79 Å². The molecule has 0 N–H and O–H groups in total. The van der Waals surface area contributed by atoms with Crippen molar-refractivity contribution in [2.45, 2.75) is 26.8 Å². The number of nitrogens with zero attached hydrogens (tertiary/aromatic N) is 2. The van der Waals surface area contributed by atoms with Gasteiger partial charge in [-0.25, -0.2) is 4.98 Å². The Balaban J connectivity index is 2.42. The number of hydrogen-bond donors (Lipinski definition) is 0. The van der Waals surface area contributed by atoms with Crippen LogP contribution in [0.2, 0.25) is 0 Å². The fraction of sp³-hybridized carbons (Fsp3) is 0.600. The molecule has 1 rings (SSSR count). The summed E-state index contributed by atoms with van der Waals surface area (Å²) >= 11 is 1.58. The van der Waals surface area contributed by atoms with E-state index in [2.05, 4.69) is 18.8 Å². The minimum Gasteiger partial charge on any atom is -0.339 e. The molecule has 0 fully saturated rings. The number of amides is 1. The fourth-order valence-corrected chi connectivity index (χ4v) is 1.80. The third-order valence-corrected chi connectivity index (χ3v) is 2.63. The number of rotatable bonds is 4. The largest absolute Gasteiger partial charge is 0.339 e. The third kappa shape index (κ3) is 3.46. The average Bonchev–Trinajstić information content (AvgIpc) is 2.55. The molecule has 1 amide bonds. The Morgan fingerprint density at radius 1 is 1.64 bits per heavy atom. The molecule has 0 atom stereocenters. The van der Waals surface area contributed by atoms with Crippen LogP contribution in [0.3, 0.4) is 0 Å². The Labute approximate surface area is 88.8 Å². The zero-order chi connectivity index (χ0) is 10.6. The van der Waals surface area contributed by atoms with Crippen LogP contribution in [0, 0.1) is 5.92 Å². The molecule has 0 aliphatic carbocycles. The second-order valence-corrected chi connectivity index (χ2v) is 4.75. The van der Waals surface area contributed by atoms with Crippen LogP contribution in [0.1, 0.15) is 25.3 Å². The summed E-state index contributed by atoms with van der Waals surface area (Å²) in [6.45, 7) is 4.73. The minimum absolute atomic E-state index is 0.190. The maximum atomic E-state index is 11.6. The lowest BCUT2D eigenvalue weighted by Crippen LogP contribution is -2.27. The first kappa shape index (κ1) is 11.2. The van der Waals surface area contributed by atoms with Crippen molar-refractivity contribution in [2.24, 2.45) is 5.92 Å². The van der Waals surface area contributed by atoms with Gasteiger partial charge in [0.05, 0.1) is 6.54 Å². The Hall–Kier alpha value is -0.900. The molecule has 0 unspecified atom stereocenters. The van der Waals surface area contributed by atoms with E-state index in [9.17, 15) is 4.79 Å². The van der Waals surface area contributed by atoms with Gasteiger partial charge in [-0.05, 0) is 5.92 Å². The van der Waals surface area contributed by atoms with E-state index >= 15 is 0 Å². The normalized spacial score (nSPS) is 10.6. The van der Waals surface area contributed by atoms with E-state index in [1.807, 2.05) is 12.4 Å². The molecule has 0 aliphatic rings. The maximum Gasteiger partial charge on any atom is 0.222 e. The zero-order valence-electron chi connectivity index (χ0n) is 8.86. The van der Waals surface area contributed by atoms with Crippen molar-refractivity contribution in [3.05, 3.63) is 16.6 Å². The molecular weight excluding hydrogens is 196 g/mol. The summed E-state index contributed by atoms with van der Waals surface area (Å²) < 4.78 is 0. The van der Waals surface area contributed by atoms with Crippen molar-refractivity contribution in [1.82, 2.24) is 9.88 Å². The van der Waals surface area contributed by atoms with Crippen LogP contribution in [0.4, 0.5) is 0 Å². The molecule has 3 nitrogen and oxygen atoms in total. The van der Waals surface area contributed by atoms with Crippen LogP contribution in [0.5, 0.6) is 0 Å². The monoisotopic (exact) mass is 212 g/mol. The number of carbonyl (C=O) groups is 1. The smallest absolute Gasteiger partial charge is 0.222 e. The van der Waals surface area contributed by atoms with Crippen molar-refractivity contribution in [3.8, 4) is 0 Å². The Bertz CT molecular complexity index is 282. The van der Waals surface area contributed by atoms with Crippen molar-refractivity contribution in [2.75, 3.05) is 7.05 Å². The second kappa shape index (κ2) is 5.10. The highest BCUT2D eigenvalue weighted by Gasteiger charge is 2.11. The van der Waals surface area contributed by atoms with E-state index in [0.29, 0.717) is 18.9 Å². The Morgan fingerprint density at radius 3 is 2.86 bits per heavy atom. The molecule has 14 heavy (non-hydrogen) atoms. The summed E-state index contributed by atoms with van der Waals surface area (Å²) in [5, 5.41) is 2.92. The van der Waals surface area contributed by atoms with Gasteiger partial charge in [0.1, 0.15) is 5.01 Å². The lowest BCUT2D eigenvalue weighted by atomic mass is 10.1. The molecule has 1 aromatic rings. The fourth-order valence-electron chi connectivity index (χ4n) is 1.13. The van der Waals surface area contributed by atoms with Gasteiger partial charge in [-0.2, -0.15) is 0 Å². The van der Waals surface area contributed by atoms with Crippen LogP contribution in [0.25, 0.3) is 0 Å². The molecular formula is C10H16N2OS. The zero-order valence-corrected chi connectivity index (χ0v) is 9.67. The minimum atomic E-state index is 0.190. The molecule has 0 saturated heterocycles. The number of hydrogen-bond acceptors (Lipinski definition) is 3. The first-order valence-electron chi connectivity index (χ1n) is 4.72. The van der Waals surface area contributed by atoms with Gasteiger partial charge >= 0.3 is 0 Å². The highest BCUT2D eigenvalue weighted by Crippen LogP contribution is 2.09. The Kier molecular flexibility index (Phi) is 4.07. The molecule has 1 heterocycles. The summed E-state index contributed by atoms with van der Waals surface area (Å²) in [5.74, 6) is 0.608. The molecule has 0 spiro atoms. The number of aromatic nitrogens is 1. The standard InChI is InChI=1S/C10H16N2OS/c1-8(2)6-10(13)12(3)7-9-11-4-5-14-9/h4-5,8H,6-7H2,1-3H3. The molecule has 4 heteroatoms. The Morgan fingerprint density at radius 2 is 2.36 bits per heavy atom. The van der Waals surface area contributed by atoms with Gasteiger partial charge < -0.3 is 4.90 Å². The van der Waals surface area contributed by atoms with E-state index in [-0.39, 0.29) is 5.91 Å². The van der Waals surface area contributed by atoms with E-state index < -0.39 is 0 Å². The first-order valence-corrected chi connectivity index (χ1v) is 5.60. The summed E-state index contributed by atoms with van der Waals surface area (Å²) in [5.41, 5.74) is 0. The first-order chi connectivity index (χ1) is 6.59. The molecule has 78 valence electrons. The second-order valence-electron chi connectivity index (χ2n) is 3.77. The maximum absolute atomic E-state index is 11.6. The SMILES string of the molecule is CC(C)CC(=O)N(C)Cc1nccs1. The van der Waals surface area contributed by atoms with E-state index in [1.54, 1.807) is 22.4 Å². The van der Waals surface area contributed by atoms with Crippen LogP contribution in [-0.2, 0) is 11.3 Å². The summed E-state index contributed by atoms with van der Waals surface area (Å²) in [7, 11) is 1.83. The molecule has 0 aliphatic heterocycles. The quantitative estimate of drug-likeness (QED) is 0.766. The van der Waals surface area contributed by atoms with Crippen molar-refractivity contribution in [3.63, 3.8) is 0 Å². The molecule has 0 bridgehead atoms. The van der Waals surface area contributed by atoms with Crippen LogP contribution in [0.15, 0.2) is 11.6 Å². The van der Waals surface area contributed by atoms with Gasteiger partial charge in [0.25, 0.3) is 0 Å².